The quantitative estimate of drug-likeness (QED) is 0.555. The van der Waals surface area contributed by atoms with Crippen LogP contribution >= 0.6 is 0 Å². The number of hydrogen-bond donors (Lipinski definition) is 0. The number of ether oxygens (including phenoxy) is 1. The van der Waals surface area contributed by atoms with Crippen molar-refractivity contribution >= 4 is 14.2 Å². The topological polar surface area (TPSA) is 29.5 Å². The second-order valence-electron chi connectivity index (χ2n) is 8.07. The molecule has 0 aliphatic carbocycles. The van der Waals surface area contributed by atoms with Crippen LogP contribution in [-0.2, 0) is 4.74 Å². The Balaban J connectivity index is 2.32. The Hall–Kier alpha value is -1.21. The van der Waals surface area contributed by atoms with E-state index in [4.69, 9.17) is 4.74 Å². The van der Waals surface area contributed by atoms with Gasteiger partial charge >= 0.3 is 6.09 Å². The van der Waals surface area contributed by atoms with E-state index in [0.29, 0.717) is 5.92 Å². The lowest BCUT2D eigenvalue weighted by Crippen LogP contribution is -2.41. The number of piperidine rings is 1. The SMILES string of the molecule is CC(C)(C)OC(=O)N1CCC(CC=CC#C[Si](C)(C)C)CC1. The maximum atomic E-state index is 12.0. The summed E-state index contributed by atoms with van der Waals surface area (Å²) in [7, 11) is -1.26. The van der Waals surface area contributed by atoms with Gasteiger partial charge in [-0.1, -0.05) is 31.6 Å². The molecule has 0 N–H and O–H groups in total. The first-order valence-electron chi connectivity index (χ1n) is 8.22. The molecule has 124 valence electrons. The van der Waals surface area contributed by atoms with Crippen molar-refractivity contribution < 1.29 is 9.53 Å². The van der Waals surface area contributed by atoms with Gasteiger partial charge in [0.15, 0.2) is 0 Å². The summed E-state index contributed by atoms with van der Waals surface area (Å²) < 4.78 is 5.42. The van der Waals surface area contributed by atoms with E-state index in [2.05, 4.69) is 37.2 Å². The van der Waals surface area contributed by atoms with Gasteiger partial charge in [0.2, 0.25) is 0 Å². The van der Waals surface area contributed by atoms with Crippen molar-refractivity contribution in [2.75, 3.05) is 13.1 Å². The molecule has 0 aromatic heterocycles. The van der Waals surface area contributed by atoms with Gasteiger partial charge in [-0.15, -0.1) is 5.54 Å². The summed E-state index contributed by atoms with van der Waals surface area (Å²) >= 11 is 0. The lowest BCUT2D eigenvalue weighted by atomic mass is 9.93. The number of allylic oxidation sites excluding steroid dienone is 2. The van der Waals surface area contributed by atoms with Crippen molar-refractivity contribution in [2.24, 2.45) is 5.92 Å². The van der Waals surface area contributed by atoms with Gasteiger partial charge in [0.1, 0.15) is 13.7 Å². The highest BCUT2D eigenvalue weighted by Crippen LogP contribution is 2.22. The maximum Gasteiger partial charge on any atom is 0.410 e. The van der Waals surface area contributed by atoms with Crippen LogP contribution in [0.2, 0.25) is 19.6 Å². The summed E-state index contributed by atoms with van der Waals surface area (Å²) in [6.45, 7) is 14.1. The van der Waals surface area contributed by atoms with Gasteiger partial charge in [-0.25, -0.2) is 4.79 Å². The molecule has 0 unspecified atom stereocenters. The van der Waals surface area contributed by atoms with Crippen molar-refractivity contribution in [2.45, 2.75) is 65.3 Å². The van der Waals surface area contributed by atoms with Crippen LogP contribution in [0.5, 0.6) is 0 Å². The Kier molecular flexibility index (Phi) is 6.74. The van der Waals surface area contributed by atoms with Crippen LogP contribution in [0.15, 0.2) is 12.2 Å². The summed E-state index contributed by atoms with van der Waals surface area (Å²) in [4.78, 5) is 13.8. The van der Waals surface area contributed by atoms with E-state index in [-0.39, 0.29) is 6.09 Å². The first-order chi connectivity index (χ1) is 10.1. The van der Waals surface area contributed by atoms with Crippen LogP contribution in [-0.4, -0.2) is 37.8 Å². The molecule has 1 aliphatic heterocycles. The Labute approximate surface area is 137 Å². The number of carbonyl (C=O) groups is 1. The molecule has 0 atom stereocenters. The maximum absolute atomic E-state index is 12.0. The van der Waals surface area contributed by atoms with E-state index < -0.39 is 13.7 Å². The van der Waals surface area contributed by atoms with Crippen molar-refractivity contribution in [3.8, 4) is 11.5 Å². The minimum Gasteiger partial charge on any atom is -0.444 e. The summed E-state index contributed by atoms with van der Waals surface area (Å²) in [5.74, 6) is 3.82. The molecule has 0 saturated carbocycles. The van der Waals surface area contributed by atoms with Gasteiger partial charge in [-0.3, -0.25) is 0 Å². The third kappa shape index (κ3) is 8.28. The van der Waals surface area contributed by atoms with Gasteiger partial charge in [-0.2, -0.15) is 0 Å². The van der Waals surface area contributed by atoms with Gasteiger partial charge < -0.3 is 9.64 Å². The molecule has 1 saturated heterocycles. The minimum atomic E-state index is -1.26. The number of carbonyl (C=O) groups excluding carboxylic acids is 1. The largest absolute Gasteiger partial charge is 0.444 e. The average molecular weight is 322 g/mol. The molecule has 0 radical (unpaired) electrons. The fourth-order valence-electron chi connectivity index (χ4n) is 2.26. The fraction of sp³-hybridized carbons (Fsp3) is 0.722. The summed E-state index contributed by atoms with van der Waals surface area (Å²) in [5, 5.41) is 0. The molecule has 3 nitrogen and oxygen atoms in total. The van der Waals surface area contributed by atoms with Gasteiger partial charge in [0.05, 0.1) is 0 Å². The van der Waals surface area contributed by atoms with Crippen molar-refractivity contribution in [1.82, 2.24) is 4.90 Å². The highest BCUT2D eigenvalue weighted by atomic mass is 28.3. The Bertz CT molecular complexity index is 452. The standard InChI is InChI=1S/C18H31NO2Si/c1-18(2,3)21-17(20)19-13-11-16(12-14-19)10-8-7-9-15-22(4,5)6/h7-8,16H,10-14H2,1-6H3. The van der Waals surface area contributed by atoms with E-state index in [9.17, 15) is 4.79 Å². The molecule has 1 heterocycles. The van der Waals surface area contributed by atoms with Crippen LogP contribution in [0.25, 0.3) is 0 Å². The molecule has 1 rings (SSSR count). The summed E-state index contributed by atoms with van der Waals surface area (Å²) in [5.41, 5.74) is 2.92. The number of hydrogen-bond acceptors (Lipinski definition) is 2. The minimum absolute atomic E-state index is 0.178. The Morgan fingerprint density at radius 2 is 1.86 bits per heavy atom. The molecular weight excluding hydrogens is 290 g/mol. The lowest BCUT2D eigenvalue weighted by Gasteiger charge is -2.33. The molecule has 0 spiro atoms. The zero-order valence-electron chi connectivity index (χ0n) is 15.0. The normalized spacial score (nSPS) is 17.3. The van der Waals surface area contributed by atoms with E-state index in [1.165, 1.54) is 0 Å². The smallest absolute Gasteiger partial charge is 0.410 e. The van der Waals surface area contributed by atoms with E-state index in [1.54, 1.807) is 0 Å². The van der Waals surface area contributed by atoms with Crippen molar-refractivity contribution in [3.63, 3.8) is 0 Å². The number of nitrogens with zero attached hydrogens (tertiary/aromatic N) is 1. The highest BCUT2D eigenvalue weighted by molar-refractivity contribution is 6.83. The third-order valence-corrected chi connectivity index (χ3v) is 4.28. The fourth-order valence-corrected chi connectivity index (χ4v) is 2.77. The molecule has 1 aliphatic rings. The van der Waals surface area contributed by atoms with E-state index in [0.717, 1.165) is 32.4 Å². The predicted molar refractivity (Wildman–Crippen MR) is 95.4 cm³/mol. The number of rotatable bonds is 2. The van der Waals surface area contributed by atoms with Crippen molar-refractivity contribution in [1.29, 1.82) is 0 Å². The molecule has 1 fully saturated rings. The van der Waals surface area contributed by atoms with Gasteiger partial charge in [0, 0.05) is 13.1 Å². The van der Waals surface area contributed by atoms with Gasteiger partial charge in [-0.05, 0) is 52.0 Å². The van der Waals surface area contributed by atoms with Crippen molar-refractivity contribution in [3.05, 3.63) is 12.2 Å². The van der Waals surface area contributed by atoms with E-state index in [1.807, 2.05) is 31.7 Å². The third-order valence-electron chi connectivity index (χ3n) is 3.38. The number of amides is 1. The predicted octanol–water partition coefficient (Wildman–Crippen LogP) is 4.46. The van der Waals surface area contributed by atoms with Crippen LogP contribution in [0.3, 0.4) is 0 Å². The van der Waals surface area contributed by atoms with Crippen LogP contribution in [0.4, 0.5) is 4.79 Å². The molecule has 4 heteroatoms. The molecular formula is C18H31NO2Si. The lowest BCUT2D eigenvalue weighted by molar-refractivity contribution is 0.0185. The molecule has 0 aromatic carbocycles. The second-order valence-corrected chi connectivity index (χ2v) is 12.8. The number of likely N-dealkylation sites (tertiary alicyclic amines) is 1. The Morgan fingerprint density at radius 1 is 1.27 bits per heavy atom. The zero-order valence-corrected chi connectivity index (χ0v) is 16.0. The first kappa shape index (κ1) is 18.8. The monoisotopic (exact) mass is 321 g/mol. The highest BCUT2D eigenvalue weighted by Gasteiger charge is 2.26. The average Bonchev–Trinajstić information content (AvgIpc) is 2.35. The summed E-state index contributed by atoms with van der Waals surface area (Å²) in [6.07, 6.45) is 7.15. The first-order valence-corrected chi connectivity index (χ1v) is 11.7. The molecule has 1 amide bonds. The summed E-state index contributed by atoms with van der Waals surface area (Å²) in [6, 6.07) is 0. The molecule has 22 heavy (non-hydrogen) atoms. The van der Waals surface area contributed by atoms with Crippen LogP contribution in [0, 0.1) is 17.4 Å². The Morgan fingerprint density at radius 3 is 2.36 bits per heavy atom. The second kappa shape index (κ2) is 7.87. The van der Waals surface area contributed by atoms with E-state index >= 15 is 0 Å². The zero-order chi connectivity index (χ0) is 16.8. The molecule has 0 aromatic rings. The van der Waals surface area contributed by atoms with Crippen LogP contribution < -0.4 is 0 Å². The molecule has 0 bridgehead atoms. The van der Waals surface area contributed by atoms with Crippen LogP contribution in [0.1, 0.15) is 40.0 Å². The van der Waals surface area contributed by atoms with Gasteiger partial charge in [0.25, 0.3) is 0 Å².